The number of fused-ring (bicyclic) bond motifs is 1. The van der Waals surface area contributed by atoms with Crippen molar-refractivity contribution in [2.24, 2.45) is 11.8 Å². The van der Waals surface area contributed by atoms with E-state index >= 15 is 0 Å². The fraction of sp³-hybridized carbons (Fsp3) is 0.870. The molecule has 7 nitrogen and oxygen atoms in total. The molecule has 3 aliphatic heterocycles. The molecular formula is C23H38BrN3O4S. The van der Waals surface area contributed by atoms with Gasteiger partial charge in [-0.1, -0.05) is 36.2 Å². The summed E-state index contributed by atoms with van der Waals surface area (Å²) in [5.74, 6) is -1.08. The van der Waals surface area contributed by atoms with Crippen molar-refractivity contribution in [1.82, 2.24) is 15.5 Å². The molecule has 7 atom stereocenters. The molecule has 3 fully saturated rings. The molecule has 0 aromatic rings. The fourth-order valence-corrected chi connectivity index (χ4v) is 9.35. The largest absolute Gasteiger partial charge is 0.396 e. The third-order valence-electron chi connectivity index (χ3n) is 7.06. The van der Waals surface area contributed by atoms with Crippen molar-refractivity contribution in [3.63, 3.8) is 0 Å². The lowest BCUT2D eigenvalue weighted by Crippen LogP contribution is -2.56. The topological polar surface area (TPSA) is 98.7 Å². The van der Waals surface area contributed by atoms with Gasteiger partial charge in [0.1, 0.15) is 6.04 Å². The van der Waals surface area contributed by atoms with E-state index in [1.54, 1.807) is 16.7 Å². The van der Waals surface area contributed by atoms with Crippen molar-refractivity contribution in [3.8, 4) is 0 Å². The third-order valence-corrected chi connectivity index (χ3v) is 10.3. The number of carbonyl (C=O) groups excluding carboxylic acids is 3. The zero-order chi connectivity index (χ0) is 23.5. The number of alkyl halides is 1. The summed E-state index contributed by atoms with van der Waals surface area (Å²) in [5.41, 5.74) is 0. The minimum atomic E-state index is -0.572. The van der Waals surface area contributed by atoms with Gasteiger partial charge in [0.15, 0.2) is 0 Å². The average Bonchev–Trinajstić information content (AvgIpc) is 3.33. The lowest BCUT2D eigenvalue weighted by Gasteiger charge is -2.36. The molecule has 3 N–H and O–H groups in total. The highest BCUT2D eigenvalue weighted by Crippen LogP contribution is 2.67. The van der Waals surface area contributed by atoms with Gasteiger partial charge in [-0.2, -0.15) is 0 Å². The first-order chi connectivity index (χ1) is 15.3. The molecule has 32 heavy (non-hydrogen) atoms. The van der Waals surface area contributed by atoms with Crippen LogP contribution in [-0.4, -0.2) is 74.3 Å². The molecule has 0 radical (unpaired) electrons. The number of thioether (sulfide) groups is 1. The minimum absolute atomic E-state index is 0.000658. The Morgan fingerprint density at radius 3 is 2.66 bits per heavy atom. The molecule has 2 bridgehead atoms. The standard InChI is InChI=1S/C23H38BrN3O4S/c1-4-9-14(3)26-21(30)19-23-13-15(24)18(32-23)16(20(29)25-10-5-2)17(23)22(31)27(19)11-7-6-8-12-28/h14-19,28H,4-13H2,1-3H3,(H,25,29)(H,26,30)/t14?,15?,16-,17-,18-,19?,23?/m0/s1. The summed E-state index contributed by atoms with van der Waals surface area (Å²) in [5, 5.41) is 15.3. The second kappa shape index (κ2) is 11.1. The van der Waals surface area contributed by atoms with Crippen LogP contribution in [0.2, 0.25) is 0 Å². The zero-order valence-electron chi connectivity index (χ0n) is 19.4. The highest BCUT2D eigenvalue weighted by molar-refractivity contribution is 9.09. The zero-order valence-corrected chi connectivity index (χ0v) is 21.8. The van der Waals surface area contributed by atoms with Gasteiger partial charge >= 0.3 is 0 Å². The highest BCUT2D eigenvalue weighted by atomic mass is 79.9. The van der Waals surface area contributed by atoms with Crippen LogP contribution in [0.1, 0.15) is 65.7 Å². The van der Waals surface area contributed by atoms with E-state index in [4.69, 9.17) is 5.11 Å². The maximum Gasteiger partial charge on any atom is 0.244 e. The van der Waals surface area contributed by atoms with Gasteiger partial charge in [0.05, 0.1) is 16.6 Å². The first kappa shape index (κ1) is 25.8. The maximum absolute atomic E-state index is 13.7. The summed E-state index contributed by atoms with van der Waals surface area (Å²) in [6.07, 6.45) is 5.64. The highest BCUT2D eigenvalue weighted by Gasteiger charge is 2.75. The molecule has 3 aliphatic rings. The van der Waals surface area contributed by atoms with Crippen LogP contribution in [0.25, 0.3) is 0 Å². The van der Waals surface area contributed by atoms with Gasteiger partial charge in [-0.3, -0.25) is 14.4 Å². The predicted molar refractivity (Wildman–Crippen MR) is 131 cm³/mol. The van der Waals surface area contributed by atoms with Crippen LogP contribution in [0.5, 0.6) is 0 Å². The predicted octanol–water partition coefficient (Wildman–Crippen LogP) is 2.44. The summed E-state index contributed by atoms with van der Waals surface area (Å²) in [6.45, 7) is 7.31. The first-order valence-electron chi connectivity index (χ1n) is 12.1. The summed E-state index contributed by atoms with van der Waals surface area (Å²) < 4.78 is -0.572. The smallest absolute Gasteiger partial charge is 0.244 e. The number of amides is 3. The van der Waals surface area contributed by atoms with Gasteiger partial charge in [0, 0.05) is 35.8 Å². The number of hydrogen-bond acceptors (Lipinski definition) is 5. The van der Waals surface area contributed by atoms with E-state index in [-0.39, 0.29) is 40.4 Å². The van der Waals surface area contributed by atoms with Crippen LogP contribution in [0.15, 0.2) is 0 Å². The number of rotatable bonds is 12. The Morgan fingerprint density at radius 1 is 1.25 bits per heavy atom. The van der Waals surface area contributed by atoms with Gasteiger partial charge in [0.2, 0.25) is 17.7 Å². The average molecular weight is 533 g/mol. The molecule has 3 rings (SSSR count). The van der Waals surface area contributed by atoms with E-state index in [0.717, 1.165) is 32.1 Å². The van der Waals surface area contributed by atoms with Crippen molar-refractivity contribution in [2.45, 2.75) is 92.6 Å². The molecule has 1 spiro atoms. The first-order valence-corrected chi connectivity index (χ1v) is 13.9. The Bertz CT molecular complexity index is 711. The number of carbonyl (C=O) groups is 3. The van der Waals surface area contributed by atoms with Crippen LogP contribution in [-0.2, 0) is 14.4 Å². The Morgan fingerprint density at radius 2 is 2.00 bits per heavy atom. The Hall–Kier alpha value is -0.800. The molecule has 9 heteroatoms. The molecule has 0 saturated carbocycles. The molecule has 0 aromatic heterocycles. The lowest BCUT2D eigenvalue weighted by atomic mass is 9.70. The number of unbranched alkanes of at least 4 members (excludes halogenated alkanes) is 2. The Kier molecular flexibility index (Phi) is 8.94. The van der Waals surface area contributed by atoms with E-state index in [9.17, 15) is 14.4 Å². The molecule has 3 saturated heterocycles. The van der Waals surface area contributed by atoms with Crippen LogP contribution < -0.4 is 10.6 Å². The van der Waals surface area contributed by atoms with Crippen LogP contribution in [0, 0.1) is 11.8 Å². The molecule has 182 valence electrons. The number of hydrogen-bond donors (Lipinski definition) is 3. The normalized spacial score (nSPS) is 34.0. The third kappa shape index (κ3) is 4.71. The summed E-state index contributed by atoms with van der Waals surface area (Å²) in [7, 11) is 0. The number of nitrogens with one attached hydrogen (secondary N) is 2. The SMILES string of the molecule is CCCNC(=O)[C@H]1[C@H]2C(=O)N(CCCCCO)C(C(=O)NC(C)CCC)C23CC(Br)[C@@H]1S3. The maximum atomic E-state index is 13.7. The molecular weight excluding hydrogens is 494 g/mol. The van der Waals surface area contributed by atoms with Crippen molar-refractivity contribution in [2.75, 3.05) is 19.7 Å². The van der Waals surface area contributed by atoms with E-state index < -0.39 is 22.6 Å². The Balaban J connectivity index is 1.90. The molecule has 0 aliphatic carbocycles. The molecule has 3 heterocycles. The van der Waals surface area contributed by atoms with Gasteiger partial charge in [-0.25, -0.2) is 0 Å². The summed E-state index contributed by atoms with van der Waals surface area (Å²) in [4.78, 5) is 42.3. The quantitative estimate of drug-likeness (QED) is 0.265. The minimum Gasteiger partial charge on any atom is -0.396 e. The van der Waals surface area contributed by atoms with Gasteiger partial charge < -0.3 is 20.6 Å². The summed E-state index contributed by atoms with van der Waals surface area (Å²) >= 11 is 5.46. The van der Waals surface area contributed by atoms with E-state index in [1.165, 1.54) is 0 Å². The van der Waals surface area contributed by atoms with Gasteiger partial charge in [-0.15, -0.1) is 11.8 Å². The number of halogens is 1. The summed E-state index contributed by atoms with van der Waals surface area (Å²) in [6, 6.07) is -0.520. The van der Waals surface area contributed by atoms with Crippen molar-refractivity contribution < 1.29 is 19.5 Å². The lowest BCUT2D eigenvalue weighted by molar-refractivity contribution is -0.140. The Labute approximate surface area is 204 Å². The number of aliphatic hydroxyl groups is 1. The fourth-order valence-electron chi connectivity index (χ4n) is 5.73. The van der Waals surface area contributed by atoms with Crippen LogP contribution >= 0.6 is 27.7 Å². The number of aliphatic hydroxyl groups excluding tert-OH is 1. The second-order valence-corrected chi connectivity index (χ2v) is 12.2. The van der Waals surface area contributed by atoms with E-state index in [1.807, 2.05) is 13.8 Å². The van der Waals surface area contributed by atoms with Crippen molar-refractivity contribution in [1.29, 1.82) is 0 Å². The monoisotopic (exact) mass is 531 g/mol. The molecule has 3 amide bonds. The van der Waals surface area contributed by atoms with Crippen LogP contribution in [0.4, 0.5) is 0 Å². The van der Waals surface area contributed by atoms with Crippen molar-refractivity contribution in [3.05, 3.63) is 0 Å². The second-order valence-electron chi connectivity index (χ2n) is 9.47. The van der Waals surface area contributed by atoms with Gasteiger partial charge in [-0.05, 0) is 45.4 Å². The van der Waals surface area contributed by atoms with E-state index in [0.29, 0.717) is 25.9 Å². The molecule has 4 unspecified atom stereocenters. The number of nitrogens with zero attached hydrogens (tertiary/aromatic N) is 1. The van der Waals surface area contributed by atoms with Crippen molar-refractivity contribution >= 4 is 45.4 Å². The van der Waals surface area contributed by atoms with E-state index in [2.05, 4.69) is 33.5 Å². The van der Waals surface area contributed by atoms with Crippen LogP contribution in [0.3, 0.4) is 0 Å². The van der Waals surface area contributed by atoms with Gasteiger partial charge in [0.25, 0.3) is 0 Å². The molecule has 0 aromatic carbocycles. The number of likely N-dealkylation sites (tertiary alicyclic amines) is 1.